The number of hydrogen-bond donors (Lipinski definition) is 3. The maximum absolute atomic E-state index is 11.5. The molecule has 0 bridgehead atoms. The Labute approximate surface area is 169 Å². The van der Waals surface area contributed by atoms with Gasteiger partial charge in [0.15, 0.2) is 5.96 Å². The molecule has 1 atom stereocenters. The fraction of sp³-hybridized carbons (Fsp3) is 0.238. The molecule has 4 N–H and O–H groups in total. The minimum Gasteiger partial charge on any atom is -0.465 e. The number of nitrogens with two attached hydrogens (primary N) is 1. The van der Waals surface area contributed by atoms with Crippen LogP contribution in [0.1, 0.15) is 33.1 Å². The van der Waals surface area contributed by atoms with Gasteiger partial charge in [-0.15, -0.1) is 0 Å². The number of rotatable bonds is 6. The van der Waals surface area contributed by atoms with Crippen molar-refractivity contribution in [2.24, 2.45) is 10.7 Å². The molecular weight excluding hydrogens is 376 g/mol. The van der Waals surface area contributed by atoms with Gasteiger partial charge >= 0.3 is 5.97 Å². The van der Waals surface area contributed by atoms with Gasteiger partial charge in [0.05, 0.1) is 12.7 Å². The average Bonchev–Trinajstić information content (AvgIpc) is 2.69. The molecule has 1 aliphatic heterocycles. The van der Waals surface area contributed by atoms with Crippen LogP contribution in [0.5, 0.6) is 0 Å². The fourth-order valence-corrected chi connectivity index (χ4v) is 3.21. The Hall–Kier alpha value is -2.99. The fourth-order valence-electron chi connectivity index (χ4n) is 3.03. The van der Waals surface area contributed by atoms with Gasteiger partial charge in [-0.25, -0.2) is 9.79 Å². The lowest BCUT2D eigenvalue weighted by atomic mass is 10.0. The zero-order valence-electron chi connectivity index (χ0n) is 15.8. The predicted octanol–water partition coefficient (Wildman–Crippen LogP) is 3.07. The molecule has 0 saturated carbocycles. The molecule has 0 aliphatic carbocycles. The van der Waals surface area contributed by atoms with Gasteiger partial charge < -0.3 is 21.1 Å². The van der Waals surface area contributed by atoms with Crippen LogP contribution in [-0.4, -0.2) is 25.6 Å². The highest BCUT2D eigenvalue weighted by molar-refractivity contribution is 6.31. The van der Waals surface area contributed by atoms with Crippen LogP contribution in [0, 0.1) is 6.92 Å². The first kappa shape index (κ1) is 19.8. The van der Waals surface area contributed by atoms with Crippen LogP contribution in [0.15, 0.2) is 59.4 Å². The highest BCUT2D eigenvalue weighted by Crippen LogP contribution is 2.28. The molecule has 0 amide bonds. The maximum Gasteiger partial charge on any atom is 0.337 e. The summed E-state index contributed by atoms with van der Waals surface area (Å²) in [5.41, 5.74) is 9.63. The number of methoxy groups -OCH3 is 1. The molecule has 1 aliphatic rings. The second kappa shape index (κ2) is 8.80. The summed E-state index contributed by atoms with van der Waals surface area (Å²) >= 11 is 6.24. The van der Waals surface area contributed by atoms with Gasteiger partial charge in [0, 0.05) is 11.6 Å². The highest BCUT2D eigenvalue weighted by Gasteiger charge is 2.18. The summed E-state index contributed by atoms with van der Waals surface area (Å²) in [6, 6.07) is 13.0. The van der Waals surface area contributed by atoms with E-state index in [2.05, 4.69) is 15.6 Å². The van der Waals surface area contributed by atoms with E-state index < -0.39 is 0 Å². The zero-order chi connectivity index (χ0) is 20.1. The molecule has 7 heteroatoms. The molecule has 2 aromatic carbocycles. The van der Waals surface area contributed by atoms with Crippen molar-refractivity contribution in [1.29, 1.82) is 0 Å². The van der Waals surface area contributed by atoms with Gasteiger partial charge in [0.25, 0.3) is 0 Å². The average molecular weight is 399 g/mol. The lowest BCUT2D eigenvalue weighted by Gasteiger charge is -2.22. The van der Waals surface area contributed by atoms with E-state index >= 15 is 0 Å². The first-order valence-corrected chi connectivity index (χ1v) is 9.34. The first-order chi connectivity index (χ1) is 13.5. The molecule has 0 fully saturated rings. The number of benzene rings is 2. The van der Waals surface area contributed by atoms with Crippen LogP contribution >= 0.6 is 11.6 Å². The number of halogens is 1. The molecule has 0 spiro atoms. The number of hydrogen-bond acceptors (Lipinski definition) is 6. The Morgan fingerprint density at radius 1 is 1.29 bits per heavy atom. The van der Waals surface area contributed by atoms with E-state index in [1.807, 2.05) is 43.3 Å². The Bertz CT molecular complexity index is 923. The summed E-state index contributed by atoms with van der Waals surface area (Å²) in [7, 11) is 1.37. The minimum absolute atomic E-state index is 0.193. The molecule has 28 heavy (non-hydrogen) atoms. The topological polar surface area (TPSA) is 88.7 Å². The summed E-state index contributed by atoms with van der Waals surface area (Å²) < 4.78 is 4.71. The second-order valence-electron chi connectivity index (χ2n) is 6.48. The van der Waals surface area contributed by atoms with Crippen molar-refractivity contribution >= 4 is 23.5 Å². The Morgan fingerprint density at radius 2 is 2.04 bits per heavy atom. The molecule has 6 nitrogen and oxygen atoms in total. The van der Waals surface area contributed by atoms with E-state index in [1.165, 1.54) is 7.11 Å². The van der Waals surface area contributed by atoms with Crippen molar-refractivity contribution in [2.45, 2.75) is 19.4 Å². The van der Waals surface area contributed by atoms with Crippen LogP contribution < -0.4 is 16.4 Å². The molecule has 0 radical (unpaired) electrons. The molecule has 1 unspecified atom stereocenters. The SMILES string of the molecule is COC(=O)c1ccc(CCNC2=CC(c3cccc(Cl)c3C)N=C(N)N2)cc1. The third-order valence-corrected chi connectivity index (χ3v) is 5.01. The van der Waals surface area contributed by atoms with E-state index in [4.69, 9.17) is 22.1 Å². The van der Waals surface area contributed by atoms with Crippen molar-refractivity contribution in [1.82, 2.24) is 10.6 Å². The van der Waals surface area contributed by atoms with Crippen molar-refractivity contribution in [3.63, 3.8) is 0 Å². The first-order valence-electron chi connectivity index (χ1n) is 8.96. The molecular formula is C21H23ClN4O2. The highest BCUT2D eigenvalue weighted by atomic mass is 35.5. The summed E-state index contributed by atoms with van der Waals surface area (Å²) in [5.74, 6) is 0.832. The Morgan fingerprint density at radius 3 is 2.75 bits per heavy atom. The van der Waals surface area contributed by atoms with Crippen molar-refractivity contribution < 1.29 is 9.53 Å². The van der Waals surface area contributed by atoms with E-state index in [0.29, 0.717) is 23.1 Å². The predicted molar refractivity (Wildman–Crippen MR) is 111 cm³/mol. The number of ether oxygens (including phenoxy) is 1. The Balaban J connectivity index is 1.63. The summed E-state index contributed by atoms with van der Waals surface area (Å²) in [4.78, 5) is 16.0. The zero-order valence-corrected chi connectivity index (χ0v) is 16.6. The number of esters is 1. The minimum atomic E-state index is -0.335. The molecule has 146 valence electrons. The largest absolute Gasteiger partial charge is 0.465 e. The van der Waals surface area contributed by atoms with Crippen LogP contribution in [0.3, 0.4) is 0 Å². The van der Waals surface area contributed by atoms with Crippen molar-refractivity contribution in [3.05, 3.63) is 81.6 Å². The van der Waals surface area contributed by atoms with Crippen molar-refractivity contribution in [3.8, 4) is 0 Å². The number of guanidine groups is 1. The van der Waals surface area contributed by atoms with E-state index in [9.17, 15) is 4.79 Å². The summed E-state index contributed by atoms with van der Waals surface area (Å²) in [6.45, 7) is 2.68. The number of nitrogens with zero attached hydrogens (tertiary/aromatic N) is 1. The van der Waals surface area contributed by atoms with Gasteiger partial charge in [0.1, 0.15) is 11.9 Å². The quantitative estimate of drug-likeness (QED) is 0.651. The van der Waals surface area contributed by atoms with Gasteiger partial charge in [0.2, 0.25) is 0 Å². The summed E-state index contributed by atoms with van der Waals surface area (Å²) in [5, 5.41) is 7.11. The Kier molecular flexibility index (Phi) is 6.21. The third kappa shape index (κ3) is 4.64. The number of carbonyl (C=O) groups is 1. The molecule has 3 rings (SSSR count). The van der Waals surface area contributed by atoms with Crippen LogP contribution in [0.25, 0.3) is 0 Å². The third-order valence-electron chi connectivity index (χ3n) is 4.60. The van der Waals surface area contributed by atoms with Crippen LogP contribution in [0.2, 0.25) is 5.02 Å². The van der Waals surface area contributed by atoms with E-state index in [1.54, 1.807) is 12.1 Å². The van der Waals surface area contributed by atoms with E-state index in [0.717, 1.165) is 28.9 Å². The lowest BCUT2D eigenvalue weighted by molar-refractivity contribution is 0.0600. The van der Waals surface area contributed by atoms with E-state index in [-0.39, 0.29) is 12.0 Å². The van der Waals surface area contributed by atoms with Gasteiger partial charge in [-0.05, 0) is 54.3 Å². The van der Waals surface area contributed by atoms with Crippen LogP contribution in [-0.2, 0) is 11.2 Å². The molecule has 1 heterocycles. The standard InChI is InChI=1S/C21H23ClN4O2/c1-13-16(4-3-5-17(13)22)18-12-19(26-21(23)25-18)24-11-10-14-6-8-15(9-7-14)20(27)28-2/h3-9,12,18,24H,10-11H2,1-2H3,(H3,23,25,26). The van der Waals surface area contributed by atoms with Crippen molar-refractivity contribution in [2.75, 3.05) is 13.7 Å². The van der Waals surface area contributed by atoms with Crippen LogP contribution in [0.4, 0.5) is 0 Å². The second-order valence-corrected chi connectivity index (χ2v) is 6.89. The number of carbonyl (C=O) groups excluding carboxylic acids is 1. The van der Waals surface area contributed by atoms with Gasteiger partial charge in [-0.1, -0.05) is 35.9 Å². The number of aliphatic imine (C=N–C) groups is 1. The maximum atomic E-state index is 11.5. The normalized spacial score (nSPS) is 15.9. The summed E-state index contributed by atoms with van der Waals surface area (Å²) in [6.07, 6.45) is 2.79. The smallest absolute Gasteiger partial charge is 0.337 e. The molecule has 0 aromatic heterocycles. The molecule has 2 aromatic rings. The monoisotopic (exact) mass is 398 g/mol. The number of nitrogens with one attached hydrogen (secondary N) is 2. The van der Waals surface area contributed by atoms with Gasteiger partial charge in [-0.2, -0.15) is 0 Å². The molecule has 0 saturated heterocycles. The van der Waals surface area contributed by atoms with Gasteiger partial charge in [-0.3, -0.25) is 0 Å². The lowest BCUT2D eigenvalue weighted by Crippen LogP contribution is -2.40.